The monoisotopic (exact) mass is 1880 g/mol. The van der Waals surface area contributed by atoms with Crippen molar-refractivity contribution >= 4 is 136 Å². The van der Waals surface area contributed by atoms with Crippen molar-refractivity contribution in [1.29, 1.82) is 0 Å². The topological polar surface area (TPSA) is 535 Å². The molecule has 12 heterocycles. The Balaban J connectivity index is 0.000000177. The van der Waals surface area contributed by atoms with Crippen LogP contribution in [0, 0.1) is 55.4 Å². The first-order valence-electron chi connectivity index (χ1n) is 38.9. The molecule has 0 saturated heterocycles. The molecule has 8 N–H and O–H groups in total. The van der Waals surface area contributed by atoms with E-state index in [-0.39, 0.29) is 61.2 Å². The molecule has 0 amide bonds. The normalized spacial score (nSPS) is 10.7. The summed E-state index contributed by atoms with van der Waals surface area (Å²) < 4.78 is 0. The van der Waals surface area contributed by atoms with Crippen molar-refractivity contribution in [3.05, 3.63) is 249 Å². The van der Waals surface area contributed by atoms with Gasteiger partial charge in [-0.3, -0.25) is 29.1 Å². The molecule has 0 fully saturated rings. The predicted octanol–water partition coefficient (Wildman–Crippen LogP) is 16.0. The summed E-state index contributed by atoms with van der Waals surface area (Å²) in [6.07, 6.45) is 4.48. The van der Waals surface area contributed by atoms with Crippen LogP contribution >= 0.6 is 0 Å². The summed E-state index contributed by atoms with van der Waals surface area (Å²) in [5.41, 5.74) is 19.9. The average Bonchev–Trinajstić information content (AvgIpc) is 1.53. The van der Waals surface area contributed by atoms with Gasteiger partial charge in [-0.1, -0.05) is 121 Å². The number of aliphatic carboxylic acids is 4. The number of fused-ring (bicyclic) bond motifs is 40. The van der Waals surface area contributed by atoms with Crippen molar-refractivity contribution in [2.75, 3.05) is 0 Å². The van der Waals surface area contributed by atoms with Crippen LogP contribution < -0.4 is 19.9 Å². The van der Waals surface area contributed by atoms with Crippen LogP contribution in [0.4, 0.5) is 0 Å². The van der Waals surface area contributed by atoms with Crippen LogP contribution in [0.5, 0.6) is 0 Å². The molecule has 20 rings (SSSR count). The van der Waals surface area contributed by atoms with Gasteiger partial charge in [0.25, 0.3) is 23.9 Å². The van der Waals surface area contributed by atoms with Gasteiger partial charge in [-0.2, -0.15) is 0 Å². The van der Waals surface area contributed by atoms with Crippen LogP contribution in [0.1, 0.15) is 114 Å². The van der Waals surface area contributed by atoms with E-state index >= 15 is 0 Å². The summed E-state index contributed by atoms with van der Waals surface area (Å²) in [6.45, 7) is 21.2. The molecule has 0 spiro atoms. The standard InChI is InChI=1S/C40H32N8.C32H16N8.2C7H5NO4.4C2H4O2.Ru.Zn/c1-17-9-25-26(10-18(17)2)34-41-33(25)45-35-27-11-19(3)20(4)12-28(27)37(42-35)47-39-31-15-23(7)24(8)16-32(31)40(44-39)48-38-30-14-22(6)21(5)13-29(30)36(43-38)46-34;1-2-10-18-17(9-1)25-33-26(18)38-28-21-13-5-6-14-22(21)30(35-28)40-32-24-16-8-7-15-23(24)31(36-32)39-29-20-12-4-3-11-19(20)27(34-29)37-25;2*9-6(10)4-1-2-8-3-5(4)7(11)12;4*1-2(3)4;;/h9-16H,1-8H3;1-16H;2*1-3H,(H,9,10)(H,11,12);4*1H3,(H,3,4);;/q2*-2;;;;;;;2*+2. The van der Waals surface area contributed by atoms with Gasteiger partial charge in [0.15, 0.2) is 0 Å². The Hall–Kier alpha value is -16.2. The molecular formula is C94H74N18O16RuZn. The Bertz CT molecular complexity index is 6820. The number of aromatic carboxylic acids is 4. The largest absolute Gasteiger partial charge is 2.00 e. The van der Waals surface area contributed by atoms with Gasteiger partial charge in [-0.25, -0.2) is 39.1 Å². The van der Waals surface area contributed by atoms with Gasteiger partial charge >= 0.3 is 62.8 Å². The zero-order chi connectivity index (χ0) is 92.0. The molecule has 0 radical (unpaired) electrons. The fraction of sp³-hybridized carbons (Fsp3) is 0.128. The molecule has 0 atom stereocenters. The van der Waals surface area contributed by atoms with Crippen molar-refractivity contribution in [2.45, 2.75) is 83.1 Å². The molecule has 0 unspecified atom stereocenters. The number of carboxylic acids is 8. The maximum absolute atomic E-state index is 10.4. The molecule has 34 nitrogen and oxygen atoms in total. The van der Waals surface area contributed by atoms with Crippen LogP contribution in [-0.2, 0) is 58.1 Å². The molecular weight excluding hydrogens is 1800 g/mol. The summed E-state index contributed by atoms with van der Waals surface area (Å²) in [5, 5.41) is 71.0. The van der Waals surface area contributed by atoms with Gasteiger partial charge in [-0.15, -0.1) is 0 Å². The number of pyridine rings is 2. The zero-order valence-corrected chi connectivity index (χ0v) is 76.0. The van der Waals surface area contributed by atoms with Crippen molar-refractivity contribution in [3.8, 4) is 91.1 Å². The van der Waals surface area contributed by atoms with E-state index in [2.05, 4.69) is 114 Å². The number of nitrogens with zero attached hydrogens (tertiary/aromatic N) is 18. The third-order valence-electron chi connectivity index (χ3n) is 20.1. The second-order valence-electron chi connectivity index (χ2n) is 29.2. The van der Waals surface area contributed by atoms with Crippen molar-refractivity contribution in [1.82, 2.24) is 89.7 Å². The number of benzene rings is 8. The van der Waals surface area contributed by atoms with Gasteiger partial charge in [-0.05, 0) is 179 Å². The van der Waals surface area contributed by atoms with E-state index < -0.39 is 47.8 Å². The van der Waals surface area contributed by atoms with E-state index in [1.165, 1.54) is 12.4 Å². The smallest absolute Gasteiger partial charge is 0.481 e. The summed E-state index contributed by atoms with van der Waals surface area (Å²) in [4.78, 5) is 165. The number of carbonyl (C=O) groups is 8. The SMILES string of the molecule is CC(=O)O.CC(=O)O.CC(=O)O.CC(=O)O.Cc1cc2c(cc1C)-c1nc-2nc2[n-]c(nc3nc(nc4[n-]c(n1)c1cc(C)c(C)cc41)-c1cc(C)c(C)cc1-3)c1cc(C)c(C)cc21.O=C(O)c1ccncc1C(=O)O.O=C(O)c1ccncc1C(=O)O.[Ru+2].[Zn+2].c1ccc2c(c1)-c1nc-2nc2[n-]c(nc3nc(nc4[n-]c(n1)c1ccccc41)-c1ccccc1-3)c1ccccc21. The minimum absolute atomic E-state index is 0. The molecule has 646 valence electrons. The third kappa shape index (κ3) is 20.6. The summed E-state index contributed by atoms with van der Waals surface area (Å²) >= 11 is 0. The molecule has 4 aliphatic heterocycles. The number of rotatable bonds is 4. The molecule has 8 aromatic carbocycles. The summed E-state index contributed by atoms with van der Waals surface area (Å²) in [6, 6.07) is 51.3. The van der Waals surface area contributed by atoms with Gasteiger partial charge in [0.2, 0.25) is 0 Å². The minimum atomic E-state index is -1.29. The molecule has 4 aliphatic rings. The number of hydrogen-bond donors (Lipinski definition) is 8. The maximum Gasteiger partial charge on any atom is 2.00 e. The van der Waals surface area contributed by atoms with Crippen molar-refractivity contribution in [3.63, 3.8) is 0 Å². The van der Waals surface area contributed by atoms with Gasteiger partial charge < -0.3 is 101 Å². The Labute approximate surface area is 762 Å². The van der Waals surface area contributed by atoms with E-state index in [1.54, 1.807) is 0 Å². The van der Waals surface area contributed by atoms with Gasteiger partial charge in [0.1, 0.15) is 0 Å². The molecule has 0 aliphatic carbocycles. The van der Waals surface area contributed by atoms with E-state index in [9.17, 15) is 19.2 Å². The van der Waals surface area contributed by atoms with Crippen LogP contribution in [0.3, 0.4) is 0 Å². The average molecular weight is 1880 g/mol. The summed E-state index contributed by atoms with van der Waals surface area (Å²) in [5.74, 6) is -3.96. The van der Waals surface area contributed by atoms with Gasteiger partial charge in [0, 0.05) is 142 Å². The van der Waals surface area contributed by atoms with E-state index in [0.29, 0.717) is 91.8 Å². The fourth-order valence-corrected chi connectivity index (χ4v) is 13.7. The second kappa shape index (κ2) is 40.0. The molecule has 130 heavy (non-hydrogen) atoms. The Morgan fingerprint density at radius 2 is 0.400 bits per heavy atom. The van der Waals surface area contributed by atoms with Crippen molar-refractivity contribution in [2.24, 2.45) is 0 Å². The summed E-state index contributed by atoms with van der Waals surface area (Å²) in [7, 11) is 0. The first kappa shape index (κ1) is 94.5. The van der Waals surface area contributed by atoms with Gasteiger partial charge in [0.05, 0.1) is 68.8 Å². The molecule has 16 bridgehead atoms. The number of carboxylic acid groups (broad SMARTS) is 8. The third-order valence-corrected chi connectivity index (χ3v) is 20.1. The second-order valence-corrected chi connectivity index (χ2v) is 29.2. The van der Waals surface area contributed by atoms with E-state index in [0.717, 1.165) is 184 Å². The number of aromatic nitrogens is 18. The Morgan fingerprint density at radius 1 is 0.231 bits per heavy atom. The molecule has 16 aromatic rings. The number of hydrogen-bond acceptors (Lipinski definition) is 22. The Kier molecular flexibility index (Phi) is 29.0. The first-order chi connectivity index (χ1) is 61.0. The van der Waals surface area contributed by atoms with Crippen molar-refractivity contribution < 1.29 is 118 Å². The van der Waals surface area contributed by atoms with E-state index in [1.807, 2.05) is 97.1 Å². The predicted molar refractivity (Wildman–Crippen MR) is 475 cm³/mol. The van der Waals surface area contributed by atoms with Crippen LogP contribution in [0.15, 0.2) is 183 Å². The fourth-order valence-electron chi connectivity index (χ4n) is 13.7. The quantitative estimate of drug-likeness (QED) is 0.0759. The minimum Gasteiger partial charge on any atom is -0.481 e. The number of aryl methyl sites for hydroxylation is 8. The van der Waals surface area contributed by atoms with Crippen LogP contribution in [0.25, 0.3) is 179 Å². The molecule has 36 heteroatoms. The first-order valence-corrected chi connectivity index (χ1v) is 38.9. The molecule has 0 saturated carbocycles. The Morgan fingerprint density at radius 3 is 0.585 bits per heavy atom. The van der Waals surface area contributed by atoms with Crippen LogP contribution in [0.2, 0.25) is 0 Å². The van der Waals surface area contributed by atoms with Crippen LogP contribution in [-0.4, -0.2) is 158 Å². The zero-order valence-electron chi connectivity index (χ0n) is 71.3. The maximum atomic E-state index is 10.4. The van der Waals surface area contributed by atoms with E-state index in [4.69, 9.17) is 140 Å². The molecule has 8 aromatic heterocycles.